The molecule has 0 aromatic heterocycles. The Hall–Kier alpha value is -5.34. The van der Waals surface area contributed by atoms with Gasteiger partial charge in [0.25, 0.3) is 5.91 Å². The zero-order chi connectivity index (χ0) is 46.3. The Morgan fingerprint density at radius 1 is 0.935 bits per heavy atom. The average molecular weight is 877 g/mol. The highest BCUT2D eigenvalue weighted by atomic mass is 16.6. The van der Waals surface area contributed by atoms with Gasteiger partial charge < -0.3 is 58.7 Å². The van der Waals surface area contributed by atoms with Crippen molar-refractivity contribution in [1.29, 1.82) is 0 Å². The normalized spacial score (nSPS) is 25.7. The SMILES string of the molecule is COC(=O)[C@@]1(CC2COCC3(CCN(C(=O)OC(C)(C)C)C3)N2)C[C@H](OC(C)=O)[C@@H](NC(C)=O)[C@H]([C@H](OC(C)=O)[C@@H](CNC(=O)c2cc(C)c(OC(C)=O)c(C)c2)OC(C)=O)O1. The molecule has 4 rings (SSSR count). The van der Waals surface area contributed by atoms with Gasteiger partial charge in [0, 0.05) is 72.2 Å². The second-order valence-electron chi connectivity index (χ2n) is 17.1. The van der Waals surface area contributed by atoms with Crippen LogP contribution in [0.3, 0.4) is 0 Å². The molecule has 3 fully saturated rings. The van der Waals surface area contributed by atoms with E-state index in [1.807, 2.05) is 0 Å². The Bertz CT molecular complexity index is 1880. The molecule has 8 atom stereocenters. The van der Waals surface area contributed by atoms with Crippen molar-refractivity contribution in [3.63, 3.8) is 0 Å². The van der Waals surface area contributed by atoms with Crippen LogP contribution in [0.1, 0.15) is 96.1 Å². The molecule has 20 heteroatoms. The summed E-state index contributed by atoms with van der Waals surface area (Å²) >= 11 is 0. The van der Waals surface area contributed by atoms with Crippen LogP contribution in [0.2, 0.25) is 0 Å². The van der Waals surface area contributed by atoms with Crippen molar-refractivity contribution < 1.29 is 76.3 Å². The molecular weight excluding hydrogens is 816 g/mol. The van der Waals surface area contributed by atoms with E-state index >= 15 is 0 Å². The standard InChI is InChI=1S/C42H60N4O16/c1-22-14-29(15-23(2)34(22)59-27(6)50)37(52)43-18-32(58-26(5)49)35(60-28(7)51)36-33(44-24(3)47)31(57-25(4)48)17-42(61-36,38(53)55-11)16-30-19-56-21-41(45-30)12-13-46(20-41)39(54)62-40(8,9)10/h14-15,30-33,35-36,45H,12-13,16-21H2,1-11H3,(H,43,52)(H,44,47)/t30?,31-,32+,33+,35+,36+,41?,42+/m0/s1. The first-order chi connectivity index (χ1) is 28.9. The van der Waals surface area contributed by atoms with Crippen LogP contribution >= 0.6 is 0 Å². The lowest BCUT2D eigenvalue weighted by atomic mass is 9.79. The van der Waals surface area contributed by atoms with Crippen LogP contribution in [0.4, 0.5) is 4.79 Å². The number of ether oxygens (including phenoxy) is 8. The summed E-state index contributed by atoms with van der Waals surface area (Å²) in [6, 6.07) is 1.01. The number of hydrogen-bond acceptors (Lipinski definition) is 17. The maximum absolute atomic E-state index is 14.2. The van der Waals surface area contributed by atoms with Crippen molar-refractivity contribution in [2.75, 3.05) is 40.0 Å². The third kappa shape index (κ3) is 12.9. The molecule has 3 saturated heterocycles. The second-order valence-corrected chi connectivity index (χ2v) is 17.1. The van der Waals surface area contributed by atoms with Gasteiger partial charge in [-0.1, -0.05) is 0 Å². The zero-order valence-electron chi connectivity index (χ0n) is 37.3. The van der Waals surface area contributed by atoms with E-state index in [9.17, 15) is 38.4 Å². The molecule has 20 nitrogen and oxygen atoms in total. The van der Waals surface area contributed by atoms with Gasteiger partial charge in [-0.05, 0) is 64.3 Å². The van der Waals surface area contributed by atoms with Gasteiger partial charge in [-0.15, -0.1) is 0 Å². The molecule has 1 aromatic carbocycles. The molecule has 0 bridgehead atoms. The minimum atomic E-state index is -2.00. The molecule has 62 heavy (non-hydrogen) atoms. The van der Waals surface area contributed by atoms with Gasteiger partial charge in [0.15, 0.2) is 17.8 Å². The van der Waals surface area contributed by atoms with Gasteiger partial charge in [-0.3, -0.25) is 28.8 Å². The summed E-state index contributed by atoms with van der Waals surface area (Å²) in [4.78, 5) is 105. The Morgan fingerprint density at radius 2 is 1.58 bits per heavy atom. The van der Waals surface area contributed by atoms with Crippen molar-refractivity contribution in [2.45, 2.75) is 142 Å². The molecular formula is C42H60N4O16. The monoisotopic (exact) mass is 876 g/mol. The van der Waals surface area contributed by atoms with Crippen molar-refractivity contribution in [1.82, 2.24) is 20.9 Å². The summed E-state index contributed by atoms with van der Waals surface area (Å²) in [6.45, 7) is 14.8. The first kappa shape index (κ1) is 49.3. The Kier molecular flexibility index (Phi) is 16.1. The number of nitrogens with zero attached hydrogens (tertiary/aromatic N) is 1. The van der Waals surface area contributed by atoms with Crippen molar-refractivity contribution in [2.24, 2.45) is 0 Å². The van der Waals surface area contributed by atoms with Gasteiger partial charge in [0.2, 0.25) is 5.91 Å². The van der Waals surface area contributed by atoms with Gasteiger partial charge in [-0.2, -0.15) is 0 Å². The van der Waals surface area contributed by atoms with E-state index in [1.165, 1.54) is 26.0 Å². The molecule has 2 unspecified atom stereocenters. The Morgan fingerprint density at radius 3 is 2.13 bits per heavy atom. The van der Waals surface area contributed by atoms with Crippen LogP contribution in [-0.4, -0.2) is 146 Å². The first-order valence-corrected chi connectivity index (χ1v) is 20.3. The van der Waals surface area contributed by atoms with E-state index < -0.39 is 108 Å². The maximum atomic E-state index is 14.2. The highest BCUT2D eigenvalue weighted by Gasteiger charge is 2.59. The van der Waals surface area contributed by atoms with Crippen LogP contribution in [0.15, 0.2) is 12.1 Å². The third-order valence-corrected chi connectivity index (χ3v) is 10.4. The van der Waals surface area contributed by atoms with E-state index in [4.69, 9.17) is 37.9 Å². The minimum absolute atomic E-state index is 0.0740. The van der Waals surface area contributed by atoms with Crippen molar-refractivity contribution >= 4 is 47.8 Å². The summed E-state index contributed by atoms with van der Waals surface area (Å²) in [5.41, 5.74) is -2.33. The quantitative estimate of drug-likeness (QED) is 0.145. The van der Waals surface area contributed by atoms with E-state index in [2.05, 4.69) is 16.0 Å². The predicted molar refractivity (Wildman–Crippen MR) is 216 cm³/mol. The van der Waals surface area contributed by atoms with Gasteiger partial charge in [0.05, 0.1) is 38.4 Å². The fourth-order valence-corrected chi connectivity index (χ4v) is 8.26. The fraction of sp³-hybridized carbons (Fsp3) is 0.667. The number of benzene rings is 1. The molecule has 1 spiro atoms. The molecule has 3 aliphatic heterocycles. The Balaban J connectivity index is 1.75. The highest BCUT2D eigenvalue weighted by Crippen LogP contribution is 2.40. The van der Waals surface area contributed by atoms with Crippen LogP contribution in [0.5, 0.6) is 5.75 Å². The van der Waals surface area contributed by atoms with Crippen LogP contribution in [0.25, 0.3) is 0 Å². The summed E-state index contributed by atoms with van der Waals surface area (Å²) < 4.78 is 46.3. The number of esters is 5. The Labute approximate surface area is 360 Å². The van der Waals surface area contributed by atoms with Crippen molar-refractivity contribution in [3.8, 4) is 5.75 Å². The lowest BCUT2D eigenvalue weighted by molar-refractivity contribution is -0.243. The molecule has 3 aliphatic rings. The van der Waals surface area contributed by atoms with E-state index in [-0.39, 0.29) is 43.9 Å². The number of carbonyl (C=O) groups excluding carboxylic acids is 8. The van der Waals surface area contributed by atoms with E-state index in [0.717, 1.165) is 27.9 Å². The molecule has 0 aliphatic carbocycles. The lowest BCUT2D eigenvalue weighted by Crippen LogP contribution is -2.70. The molecule has 3 amide bonds. The topological polar surface area (TPSA) is 250 Å². The van der Waals surface area contributed by atoms with Crippen LogP contribution in [-0.2, 0) is 61.9 Å². The predicted octanol–water partition coefficient (Wildman–Crippen LogP) is 1.72. The fourth-order valence-electron chi connectivity index (χ4n) is 8.26. The molecule has 3 N–H and O–H groups in total. The average Bonchev–Trinajstić information content (AvgIpc) is 3.55. The zero-order valence-corrected chi connectivity index (χ0v) is 37.3. The summed E-state index contributed by atoms with van der Waals surface area (Å²) in [6.07, 6.45) is -6.70. The number of amides is 3. The summed E-state index contributed by atoms with van der Waals surface area (Å²) in [5, 5.41) is 8.94. The van der Waals surface area contributed by atoms with E-state index in [0.29, 0.717) is 24.1 Å². The van der Waals surface area contributed by atoms with Gasteiger partial charge >= 0.3 is 35.9 Å². The van der Waals surface area contributed by atoms with E-state index in [1.54, 1.807) is 39.5 Å². The first-order valence-electron chi connectivity index (χ1n) is 20.3. The number of aryl methyl sites for hydroxylation is 2. The molecule has 0 saturated carbocycles. The van der Waals surface area contributed by atoms with Gasteiger partial charge in [0.1, 0.15) is 23.6 Å². The summed E-state index contributed by atoms with van der Waals surface area (Å²) in [7, 11) is 1.13. The third-order valence-electron chi connectivity index (χ3n) is 10.4. The van der Waals surface area contributed by atoms with Crippen LogP contribution < -0.4 is 20.7 Å². The number of rotatable bonds is 13. The number of carbonyl (C=O) groups is 8. The molecule has 3 heterocycles. The number of morpholine rings is 1. The highest BCUT2D eigenvalue weighted by molar-refractivity contribution is 5.95. The molecule has 0 radical (unpaired) electrons. The van der Waals surface area contributed by atoms with Crippen LogP contribution in [0, 0.1) is 13.8 Å². The number of hydrogen-bond donors (Lipinski definition) is 3. The smallest absolute Gasteiger partial charge is 0.410 e. The molecule has 1 aromatic rings. The largest absolute Gasteiger partial charge is 0.467 e. The maximum Gasteiger partial charge on any atom is 0.410 e. The van der Waals surface area contributed by atoms with Crippen molar-refractivity contribution in [3.05, 3.63) is 28.8 Å². The lowest BCUT2D eigenvalue weighted by Gasteiger charge is -2.50. The second kappa shape index (κ2) is 20.2. The number of methoxy groups -OCH3 is 1. The number of nitrogens with one attached hydrogen (secondary N) is 3. The van der Waals surface area contributed by atoms with Gasteiger partial charge in [-0.25, -0.2) is 9.59 Å². The summed E-state index contributed by atoms with van der Waals surface area (Å²) in [5.74, 6) is -4.97. The number of likely N-dealkylation sites (tertiary alicyclic amines) is 1. The minimum Gasteiger partial charge on any atom is -0.467 e. The molecule has 344 valence electrons.